The molecule has 0 aromatic heterocycles. The van der Waals surface area contributed by atoms with Crippen LogP contribution in [0.4, 0.5) is 11.4 Å². The van der Waals surface area contributed by atoms with Crippen molar-refractivity contribution in [1.82, 2.24) is 5.32 Å². The lowest BCUT2D eigenvalue weighted by atomic mass is 10.1. The Balaban J connectivity index is 2.27. The Morgan fingerprint density at radius 2 is 2.15 bits per heavy atom. The summed E-state index contributed by atoms with van der Waals surface area (Å²) >= 11 is 0. The number of nitro groups is 1. The normalized spacial score (nSPS) is 15.5. The molecule has 2 rings (SSSR count). The maximum atomic E-state index is 12.3. The summed E-state index contributed by atoms with van der Waals surface area (Å²) in [5, 5.41) is 16.9. The van der Waals surface area contributed by atoms with Gasteiger partial charge in [-0.25, -0.2) is 0 Å². The average Bonchev–Trinajstić information content (AvgIpc) is 3.13. The molecular weight excluding hydrogens is 258 g/mol. The molecule has 0 radical (unpaired) electrons. The Kier molecular flexibility index (Phi) is 3.92. The zero-order chi connectivity index (χ0) is 14.8. The predicted octanol–water partition coefficient (Wildman–Crippen LogP) is 2.70. The maximum Gasteiger partial charge on any atom is 0.270 e. The first kappa shape index (κ1) is 14.3. The summed E-state index contributed by atoms with van der Waals surface area (Å²) in [5.41, 5.74) is 0.752. The zero-order valence-corrected chi connectivity index (χ0v) is 11.7. The minimum absolute atomic E-state index is 0.0712. The molecule has 1 amide bonds. The number of nitrogens with one attached hydrogen (secondary N) is 2. The van der Waals surface area contributed by atoms with Crippen LogP contribution in [0.1, 0.15) is 43.5 Å². The van der Waals surface area contributed by atoms with Crippen LogP contribution in [0.15, 0.2) is 18.2 Å². The SMILES string of the molecule is CCCNc1ccc([N+](=O)[O-])cc1C(=O)NC1(C)CC1. The molecule has 1 fully saturated rings. The largest absolute Gasteiger partial charge is 0.384 e. The molecule has 1 saturated carbocycles. The van der Waals surface area contributed by atoms with Gasteiger partial charge in [0.15, 0.2) is 0 Å². The van der Waals surface area contributed by atoms with Gasteiger partial charge in [-0.3, -0.25) is 14.9 Å². The van der Waals surface area contributed by atoms with E-state index in [1.165, 1.54) is 12.1 Å². The van der Waals surface area contributed by atoms with Gasteiger partial charge < -0.3 is 10.6 Å². The zero-order valence-electron chi connectivity index (χ0n) is 11.7. The molecule has 0 atom stereocenters. The van der Waals surface area contributed by atoms with Gasteiger partial charge in [0.1, 0.15) is 0 Å². The molecule has 0 aliphatic heterocycles. The number of amides is 1. The fourth-order valence-corrected chi connectivity index (χ4v) is 1.90. The van der Waals surface area contributed by atoms with Crippen LogP contribution in [0.25, 0.3) is 0 Å². The van der Waals surface area contributed by atoms with Crippen molar-refractivity contribution in [3.05, 3.63) is 33.9 Å². The highest BCUT2D eigenvalue weighted by Crippen LogP contribution is 2.35. The lowest BCUT2D eigenvalue weighted by Crippen LogP contribution is -2.34. The first-order valence-electron chi connectivity index (χ1n) is 6.80. The van der Waals surface area contributed by atoms with Crippen LogP contribution < -0.4 is 10.6 Å². The van der Waals surface area contributed by atoms with E-state index in [9.17, 15) is 14.9 Å². The lowest BCUT2D eigenvalue weighted by Gasteiger charge is -2.15. The van der Waals surface area contributed by atoms with Crippen LogP contribution in [0.5, 0.6) is 0 Å². The standard InChI is InChI=1S/C14H19N3O3/c1-3-8-15-12-5-4-10(17(19)20)9-11(12)13(18)16-14(2)6-7-14/h4-5,9,15H,3,6-8H2,1-2H3,(H,16,18). The fraction of sp³-hybridized carbons (Fsp3) is 0.500. The van der Waals surface area contributed by atoms with Crippen molar-refractivity contribution in [3.63, 3.8) is 0 Å². The minimum Gasteiger partial charge on any atom is -0.384 e. The molecule has 0 heterocycles. The molecule has 6 nitrogen and oxygen atoms in total. The van der Waals surface area contributed by atoms with E-state index in [0.29, 0.717) is 11.3 Å². The molecule has 1 aliphatic carbocycles. The topological polar surface area (TPSA) is 84.3 Å². The monoisotopic (exact) mass is 277 g/mol. The molecule has 0 unspecified atom stereocenters. The molecular formula is C14H19N3O3. The van der Waals surface area contributed by atoms with Crippen molar-refractivity contribution in [2.45, 2.75) is 38.6 Å². The molecule has 1 aliphatic rings. The van der Waals surface area contributed by atoms with Gasteiger partial charge in [-0.15, -0.1) is 0 Å². The van der Waals surface area contributed by atoms with E-state index in [0.717, 1.165) is 25.8 Å². The summed E-state index contributed by atoms with van der Waals surface area (Å²) in [6, 6.07) is 4.34. The smallest absolute Gasteiger partial charge is 0.270 e. The number of nitro benzene ring substituents is 1. The number of anilines is 1. The first-order valence-corrected chi connectivity index (χ1v) is 6.80. The fourth-order valence-electron chi connectivity index (χ4n) is 1.90. The Morgan fingerprint density at radius 1 is 1.45 bits per heavy atom. The van der Waals surface area contributed by atoms with Crippen molar-refractivity contribution < 1.29 is 9.72 Å². The van der Waals surface area contributed by atoms with E-state index >= 15 is 0 Å². The summed E-state index contributed by atoms with van der Waals surface area (Å²) < 4.78 is 0. The number of benzene rings is 1. The molecule has 1 aromatic carbocycles. The summed E-state index contributed by atoms with van der Waals surface area (Å²) in [7, 11) is 0. The number of carbonyl (C=O) groups excluding carboxylic acids is 1. The van der Waals surface area contributed by atoms with Crippen LogP contribution in [-0.2, 0) is 0 Å². The summed E-state index contributed by atoms with van der Waals surface area (Å²) in [5.74, 6) is -0.257. The van der Waals surface area contributed by atoms with Crippen LogP contribution in [0.2, 0.25) is 0 Å². The molecule has 0 bridgehead atoms. The Labute approximate surface area is 117 Å². The highest BCUT2D eigenvalue weighted by Gasteiger charge is 2.39. The van der Waals surface area contributed by atoms with Crippen molar-refractivity contribution in [2.75, 3.05) is 11.9 Å². The van der Waals surface area contributed by atoms with Crippen molar-refractivity contribution in [3.8, 4) is 0 Å². The predicted molar refractivity (Wildman–Crippen MR) is 77.0 cm³/mol. The van der Waals surface area contributed by atoms with E-state index in [4.69, 9.17) is 0 Å². The highest BCUT2D eigenvalue weighted by atomic mass is 16.6. The lowest BCUT2D eigenvalue weighted by molar-refractivity contribution is -0.384. The Morgan fingerprint density at radius 3 is 2.70 bits per heavy atom. The maximum absolute atomic E-state index is 12.3. The number of hydrogen-bond acceptors (Lipinski definition) is 4. The van der Waals surface area contributed by atoms with Crippen LogP contribution >= 0.6 is 0 Å². The summed E-state index contributed by atoms with van der Waals surface area (Å²) in [6.07, 6.45) is 2.81. The summed E-state index contributed by atoms with van der Waals surface area (Å²) in [6.45, 7) is 4.71. The third kappa shape index (κ3) is 3.26. The van der Waals surface area contributed by atoms with E-state index in [1.807, 2.05) is 13.8 Å². The van der Waals surface area contributed by atoms with Gasteiger partial charge in [-0.2, -0.15) is 0 Å². The van der Waals surface area contributed by atoms with Gasteiger partial charge in [-0.05, 0) is 32.3 Å². The first-order chi connectivity index (χ1) is 9.45. The molecule has 1 aromatic rings. The van der Waals surface area contributed by atoms with Crippen molar-refractivity contribution in [1.29, 1.82) is 0 Å². The molecule has 0 spiro atoms. The van der Waals surface area contributed by atoms with Gasteiger partial charge in [0.05, 0.1) is 10.5 Å². The van der Waals surface area contributed by atoms with Gasteiger partial charge in [0.25, 0.3) is 11.6 Å². The van der Waals surface area contributed by atoms with Gasteiger partial charge in [-0.1, -0.05) is 6.92 Å². The second kappa shape index (κ2) is 5.48. The molecule has 2 N–H and O–H groups in total. The van der Waals surface area contributed by atoms with E-state index in [2.05, 4.69) is 10.6 Å². The van der Waals surface area contributed by atoms with Crippen LogP contribution in [-0.4, -0.2) is 22.9 Å². The Bertz CT molecular complexity index is 538. The second-order valence-electron chi connectivity index (χ2n) is 5.43. The minimum atomic E-state index is -0.487. The Hall–Kier alpha value is -2.11. The van der Waals surface area contributed by atoms with E-state index in [1.54, 1.807) is 6.07 Å². The van der Waals surface area contributed by atoms with Gasteiger partial charge in [0.2, 0.25) is 0 Å². The molecule has 0 saturated heterocycles. The van der Waals surface area contributed by atoms with Crippen molar-refractivity contribution in [2.24, 2.45) is 0 Å². The van der Waals surface area contributed by atoms with Crippen molar-refractivity contribution >= 4 is 17.3 Å². The van der Waals surface area contributed by atoms with Gasteiger partial charge >= 0.3 is 0 Å². The molecule has 6 heteroatoms. The molecule has 20 heavy (non-hydrogen) atoms. The number of hydrogen-bond donors (Lipinski definition) is 2. The quantitative estimate of drug-likeness (QED) is 0.618. The third-order valence-electron chi connectivity index (χ3n) is 3.44. The number of nitrogens with zero attached hydrogens (tertiary/aromatic N) is 1. The number of non-ortho nitro benzene ring substituents is 1. The third-order valence-corrected chi connectivity index (χ3v) is 3.44. The second-order valence-corrected chi connectivity index (χ2v) is 5.43. The number of rotatable bonds is 6. The molecule has 108 valence electrons. The van der Waals surface area contributed by atoms with Crippen LogP contribution in [0, 0.1) is 10.1 Å². The van der Waals surface area contributed by atoms with E-state index in [-0.39, 0.29) is 17.1 Å². The van der Waals surface area contributed by atoms with E-state index < -0.39 is 4.92 Å². The van der Waals surface area contributed by atoms with Crippen LogP contribution in [0.3, 0.4) is 0 Å². The van der Waals surface area contributed by atoms with Gasteiger partial charge in [0, 0.05) is 29.9 Å². The highest BCUT2D eigenvalue weighted by molar-refractivity contribution is 6.00. The number of carbonyl (C=O) groups is 1. The average molecular weight is 277 g/mol. The summed E-state index contributed by atoms with van der Waals surface area (Å²) in [4.78, 5) is 22.7.